The molecule has 8 heteroatoms. The van der Waals surface area contributed by atoms with Crippen LogP contribution in [0.15, 0.2) is 24.3 Å². The number of hydrogen-bond donors (Lipinski definition) is 1. The molecule has 0 bridgehead atoms. The highest BCUT2D eigenvalue weighted by atomic mass is 19.4. The number of nitrogens with one attached hydrogen (secondary N) is 1. The van der Waals surface area contributed by atoms with Crippen LogP contribution in [-0.4, -0.2) is 17.7 Å². The van der Waals surface area contributed by atoms with Crippen molar-refractivity contribution < 1.29 is 32.6 Å². The van der Waals surface area contributed by atoms with Crippen molar-refractivity contribution in [3.63, 3.8) is 0 Å². The van der Waals surface area contributed by atoms with Gasteiger partial charge in [0, 0.05) is 12.4 Å². The normalized spacial score (nSPS) is 13.3. The Morgan fingerprint density at radius 2 is 1.70 bits per heavy atom. The quantitative estimate of drug-likeness (QED) is 0.918. The van der Waals surface area contributed by atoms with Gasteiger partial charge in [0.05, 0.1) is 11.6 Å². The lowest BCUT2D eigenvalue weighted by Crippen LogP contribution is -2.37. The number of alkyl halides is 3. The average molecular weight is 332 g/mol. The summed E-state index contributed by atoms with van der Waals surface area (Å²) < 4.78 is 42.6. The van der Waals surface area contributed by atoms with Crippen LogP contribution < -0.4 is 10.4 Å². The lowest BCUT2D eigenvalue weighted by Gasteiger charge is -2.24. The Morgan fingerprint density at radius 3 is 2.09 bits per heavy atom. The highest BCUT2D eigenvalue weighted by molar-refractivity contribution is 5.71. The van der Waals surface area contributed by atoms with Crippen LogP contribution in [0.1, 0.15) is 44.4 Å². The Bertz CT molecular complexity index is 562. The molecule has 0 aliphatic carbocycles. The molecule has 0 radical (unpaired) electrons. The molecule has 23 heavy (non-hydrogen) atoms. The number of amides is 1. The fourth-order valence-electron chi connectivity index (χ4n) is 1.77. The summed E-state index contributed by atoms with van der Waals surface area (Å²) in [4.78, 5) is 22.5. The van der Waals surface area contributed by atoms with Gasteiger partial charge in [-0.3, -0.25) is 0 Å². The number of aliphatic carboxylic acids is 1. The standard InChI is InChI=1S/C15H18F3NO4/c1-14(2,3)23-13(22)19-11(8-12(20)21)9-4-6-10(7-5-9)15(16,17)18/h4-7,11H,8H2,1-3H3,(H,19,22)(H,20,21)/p-1/t11-/m1/s1. The largest absolute Gasteiger partial charge is 0.550 e. The molecule has 0 aromatic heterocycles. The minimum Gasteiger partial charge on any atom is -0.550 e. The minimum absolute atomic E-state index is 0.202. The molecule has 0 saturated heterocycles. The molecule has 1 N–H and O–H groups in total. The molecule has 1 aromatic rings. The van der Waals surface area contributed by atoms with E-state index in [-0.39, 0.29) is 5.56 Å². The van der Waals surface area contributed by atoms with Gasteiger partial charge in [0.15, 0.2) is 0 Å². The predicted octanol–water partition coefficient (Wildman–Crippen LogP) is 2.41. The first kappa shape index (κ1) is 18.8. The molecule has 1 atom stereocenters. The number of carbonyl (C=O) groups is 2. The van der Waals surface area contributed by atoms with E-state index >= 15 is 0 Å². The van der Waals surface area contributed by atoms with Crippen molar-refractivity contribution in [2.75, 3.05) is 0 Å². The van der Waals surface area contributed by atoms with Gasteiger partial charge in [-0.15, -0.1) is 0 Å². The van der Waals surface area contributed by atoms with Crippen LogP contribution in [0.3, 0.4) is 0 Å². The lowest BCUT2D eigenvalue weighted by atomic mass is 10.0. The third-order valence-electron chi connectivity index (χ3n) is 2.70. The summed E-state index contributed by atoms with van der Waals surface area (Å²) in [5.41, 5.74) is -1.46. The summed E-state index contributed by atoms with van der Waals surface area (Å²) in [7, 11) is 0. The predicted molar refractivity (Wildman–Crippen MR) is 73.2 cm³/mol. The van der Waals surface area contributed by atoms with Crippen molar-refractivity contribution in [1.82, 2.24) is 5.32 Å². The molecule has 1 aromatic carbocycles. The van der Waals surface area contributed by atoms with E-state index in [1.807, 2.05) is 0 Å². The zero-order valence-corrected chi connectivity index (χ0v) is 12.9. The van der Waals surface area contributed by atoms with Gasteiger partial charge in [0.1, 0.15) is 5.60 Å². The van der Waals surface area contributed by atoms with Crippen LogP contribution >= 0.6 is 0 Å². The topological polar surface area (TPSA) is 78.5 Å². The van der Waals surface area contributed by atoms with E-state index in [9.17, 15) is 27.9 Å². The lowest BCUT2D eigenvalue weighted by molar-refractivity contribution is -0.306. The number of carbonyl (C=O) groups excluding carboxylic acids is 2. The molecular weight excluding hydrogens is 315 g/mol. The van der Waals surface area contributed by atoms with Crippen LogP contribution in [-0.2, 0) is 15.7 Å². The van der Waals surface area contributed by atoms with Crippen molar-refractivity contribution in [3.8, 4) is 0 Å². The van der Waals surface area contributed by atoms with Crippen LogP contribution in [0, 0.1) is 0 Å². The molecule has 5 nitrogen and oxygen atoms in total. The maximum Gasteiger partial charge on any atom is 0.416 e. The highest BCUT2D eigenvalue weighted by Crippen LogP contribution is 2.30. The van der Waals surface area contributed by atoms with E-state index in [0.717, 1.165) is 24.3 Å². The van der Waals surface area contributed by atoms with E-state index in [4.69, 9.17) is 4.74 Å². The summed E-state index contributed by atoms with van der Waals surface area (Å²) in [6.07, 6.45) is -5.96. The van der Waals surface area contributed by atoms with Gasteiger partial charge in [0.2, 0.25) is 0 Å². The molecule has 1 rings (SSSR count). The van der Waals surface area contributed by atoms with E-state index < -0.39 is 41.9 Å². The van der Waals surface area contributed by atoms with E-state index in [1.54, 1.807) is 20.8 Å². The number of rotatable bonds is 4. The summed E-state index contributed by atoms with van der Waals surface area (Å²) >= 11 is 0. The summed E-state index contributed by atoms with van der Waals surface area (Å²) in [5.74, 6) is -1.45. The first-order valence-electron chi connectivity index (χ1n) is 6.75. The zero-order chi connectivity index (χ0) is 17.8. The molecule has 0 heterocycles. The SMILES string of the molecule is CC(C)(C)OC(=O)N[C@H](CC(=O)[O-])c1ccc(C(F)(F)F)cc1. The molecular formula is C15H17F3NO4-. The van der Waals surface area contributed by atoms with Gasteiger partial charge in [-0.05, 0) is 38.5 Å². The van der Waals surface area contributed by atoms with Gasteiger partial charge in [-0.2, -0.15) is 13.2 Å². The van der Waals surface area contributed by atoms with Gasteiger partial charge < -0.3 is 20.0 Å². The van der Waals surface area contributed by atoms with Crippen molar-refractivity contribution in [1.29, 1.82) is 0 Å². The van der Waals surface area contributed by atoms with Crippen LogP contribution in [0.2, 0.25) is 0 Å². The molecule has 1 amide bonds. The second kappa shape index (κ2) is 6.89. The molecule has 0 saturated carbocycles. The summed E-state index contributed by atoms with van der Waals surface area (Å²) in [6, 6.07) is 2.78. The molecule has 128 valence electrons. The van der Waals surface area contributed by atoms with Crippen LogP contribution in [0.25, 0.3) is 0 Å². The summed E-state index contributed by atoms with van der Waals surface area (Å²) in [6.45, 7) is 4.87. The number of hydrogen-bond acceptors (Lipinski definition) is 4. The smallest absolute Gasteiger partial charge is 0.416 e. The van der Waals surface area contributed by atoms with Crippen molar-refractivity contribution >= 4 is 12.1 Å². The summed E-state index contributed by atoms with van der Waals surface area (Å²) in [5, 5.41) is 13.1. The van der Waals surface area contributed by atoms with E-state index in [2.05, 4.69) is 5.32 Å². The molecule has 0 spiro atoms. The third kappa shape index (κ3) is 6.58. The van der Waals surface area contributed by atoms with Gasteiger partial charge in [0.25, 0.3) is 0 Å². The second-order valence-electron chi connectivity index (χ2n) is 5.89. The van der Waals surface area contributed by atoms with Crippen molar-refractivity contribution in [2.24, 2.45) is 0 Å². The Morgan fingerprint density at radius 1 is 1.17 bits per heavy atom. The highest BCUT2D eigenvalue weighted by Gasteiger charge is 2.30. The monoisotopic (exact) mass is 332 g/mol. The fraction of sp³-hybridized carbons (Fsp3) is 0.467. The van der Waals surface area contributed by atoms with Gasteiger partial charge in [-0.1, -0.05) is 12.1 Å². The second-order valence-corrected chi connectivity index (χ2v) is 5.89. The third-order valence-corrected chi connectivity index (χ3v) is 2.70. The maximum atomic E-state index is 12.5. The first-order valence-corrected chi connectivity index (χ1v) is 6.75. The van der Waals surface area contributed by atoms with E-state index in [0.29, 0.717) is 0 Å². The van der Waals surface area contributed by atoms with Gasteiger partial charge >= 0.3 is 12.3 Å². The Hall–Kier alpha value is -2.25. The molecule has 0 fully saturated rings. The number of carboxylic acids is 1. The molecule has 0 unspecified atom stereocenters. The number of ether oxygens (including phenoxy) is 1. The number of halogens is 3. The minimum atomic E-state index is -4.50. The Labute approximate surface area is 131 Å². The number of benzene rings is 1. The van der Waals surface area contributed by atoms with Gasteiger partial charge in [-0.25, -0.2) is 4.79 Å². The molecule has 0 aliphatic heterocycles. The van der Waals surface area contributed by atoms with Crippen LogP contribution in [0.4, 0.5) is 18.0 Å². The first-order chi connectivity index (χ1) is 10.4. The zero-order valence-electron chi connectivity index (χ0n) is 12.9. The number of alkyl carbamates (subject to hydrolysis) is 1. The Balaban J connectivity index is 2.94. The average Bonchev–Trinajstić information content (AvgIpc) is 2.34. The van der Waals surface area contributed by atoms with Crippen molar-refractivity contribution in [3.05, 3.63) is 35.4 Å². The van der Waals surface area contributed by atoms with Crippen molar-refractivity contribution in [2.45, 2.75) is 45.0 Å². The molecule has 0 aliphatic rings. The Kier molecular flexibility index (Phi) is 5.63. The fourth-order valence-corrected chi connectivity index (χ4v) is 1.77. The number of carboxylic acid groups (broad SMARTS) is 1. The maximum absolute atomic E-state index is 12.5. The van der Waals surface area contributed by atoms with E-state index in [1.165, 1.54) is 0 Å². The van der Waals surface area contributed by atoms with Crippen LogP contribution in [0.5, 0.6) is 0 Å².